The van der Waals surface area contributed by atoms with E-state index in [1.54, 1.807) is 0 Å². The van der Waals surface area contributed by atoms with Gasteiger partial charge in [0.2, 0.25) is 5.91 Å². The Kier molecular flexibility index (Phi) is 2.26. The smallest absolute Gasteiger partial charge is 0.235 e. The lowest BCUT2D eigenvalue weighted by atomic mass is 9.95. The summed E-state index contributed by atoms with van der Waals surface area (Å²) < 4.78 is 0. The van der Waals surface area contributed by atoms with Crippen molar-refractivity contribution in [3.63, 3.8) is 0 Å². The van der Waals surface area contributed by atoms with Crippen LogP contribution < -0.4 is 5.32 Å². The van der Waals surface area contributed by atoms with Gasteiger partial charge in [0.1, 0.15) is 5.88 Å². The average Bonchev–Trinajstić information content (AvgIpc) is 2.64. The number of hydrogen-bond donors (Lipinski definition) is 1. The van der Waals surface area contributed by atoms with Crippen LogP contribution in [0.3, 0.4) is 0 Å². The Morgan fingerprint density at radius 1 is 1.42 bits per heavy atom. The molecule has 0 heterocycles. The number of halogens is 1. The molecule has 12 heavy (non-hydrogen) atoms. The third-order valence-corrected chi connectivity index (χ3v) is 3.45. The van der Waals surface area contributed by atoms with Crippen LogP contribution in [0.15, 0.2) is 0 Å². The lowest BCUT2D eigenvalue weighted by Crippen LogP contribution is -2.39. The topological polar surface area (TPSA) is 29.1 Å². The molecule has 0 aromatic carbocycles. The van der Waals surface area contributed by atoms with Gasteiger partial charge in [-0.25, -0.2) is 0 Å². The number of rotatable bonds is 2. The fourth-order valence-electron chi connectivity index (χ4n) is 2.67. The fraction of sp³-hybridized carbons (Fsp3) is 0.889. The third kappa shape index (κ3) is 1.45. The van der Waals surface area contributed by atoms with Gasteiger partial charge in [0.05, 0.1) is 0 Å². The standard InChI is InChI=1S/C9H14ClNO/c10-5-9(12)11-8-4-6-1-2-7(8)3-6/h6-8H,1-5H2,(H,11,12)/t6-,7+,8-/m0/s1. The number of nitrogens with one attached hydrogen (secondary N) is 1. The van der Waals surface area contributed by atoms with Crippen LogP contribution in [0, 0.1) is 11.8 Å². The maximum absolute atomic E-state index is 11.0. The molecule has 2 aliphatic rings. The Morgan fingerprint density at radius 2 is 2.25 bits per heavy atom. The number of amides is 1. The molecule has 0 unspecified atom stereocenters. The van der Waals surface area contributed by atoms with Gasteiger partial charge in [-0.3, -0.25) is 4.79 Å². The van der Waals surface area contributed by atoms with Gasteiger partial charge in [0.15, 0.2) is 0 Å². The molecule has 0 spiro atoms. The molecule has 2 nitrogen and oxygen atoms in total. The summed E-state index contributed by atoms with van der Waals surface area (Å²) in [6.45, 7) is 0. The predicted molar refractivity (Wildman–Crippen MR) is 48.1 cm³/mol. The zero-order valence-electron chi connectivity index (χ0n) is 7.05. The molecule has 0 aromatic rings. The third-order valence-electron chi connectivity index (χ3n) is 3.21. The van der Waals surface area contributed by atoms with Crippen molar-refractivity contribution in [1.29, 1.82) is 0 Å². The van der Waals surface area contributed by atoms with Crippen molar-refractivity contribution < 1.29 is 4.79 Å². The molecule has 2 saturated carbocycles. The average molecular weight is 188 g/mol. The van der Waals surface area contributed by atoms with Crippen LogP contribution in [0.5, 0.6) is 0 Å². The molecular formula is C9H14ClNO. The van der Waals surface area contributed by atoms with Crippen molar-refractivity contribution in [3.8, 4) is 0 Å². The minimum atomic E-state index is -0.00535. The summed E-state index contributed by atoms with van der Waals surface area (Å²) in [7, 11) is 0. The van der Waals surface area contributed by atoms with Gasteiger partial charge in [-0.05, 0) is 31.1 Å². The molecule has 3 heteroatoms. The van der Waals surface area contributed by atoms with Crippen molar-refractivity contribution in [3.05, 3.63) is 0 Å². The van der Waals surface area contributed by atoms with Gasteiger partial charge in [0, 0.05) is 6.04 Å². The van der Waals surface area contributed by atoms with Crippen LogP contribution in [0.2, 0.25) is 0 Å². The van der Waals surface area contributed by atoms with Gasteiger partial charge < -0.3 is 5.32 Å². The quantitative estimate of drug-likeness (QED) is 0.653. The lowest BCUT2D eigenvalue weighted by Gasteiger charge is -2.22. The largest absolute Gasteiger partial charge is 0.352 e. The zero-order valence-corrected chi connectivity index (χ0v) is 7.81. The van der Waals surface area contributed by atoms with Crippen molar-refractivity contribution in [1.82, 2.24) is 5.32 Å². The van der Waals surface area contributed by atoms with Crippen LogP contribution in [-0.2, 0) is 4.79 Å². The fourth-order valence-corrected chi connectivity index (χ4v) is 2.74. The molecule has 68 valence electrons. The summed E-state index contributed by atoms with van der Waals surface area (Å²) in [4.78, 5) is 11.0. The number of carbonyl (C=O) groups excluding carboxylic acids is 1. The molecule has 3 atom stereocenters. The summed E-state index contributed by atoms with van der Waals surface area (Å²) in [5.74, 6) is 1.74. The van der Waals surface area contributed by atoms with E-state index in [9.17, 15) is 4.79 Å². The van der Waals surface area contributed by atoms with Crippen LogP contribution in [0.25, 0.3) is 0 Å². The van der Waals surface area contributed by atoms with E-state index < -0.39 is 0 Å². The highest BCUT2D eigenvalue weighted by atomic mass is 35.5. The van der Waals surface area contributed by atoms with Crippen molar-refractivity contribution >= 4 is 17.5 Å². The molecule has 2 fully saturated rings. The van der Waals surface area contributed by atoms with E-state index in [1.165, 1.54) is 25.7 Å². The molecule has 0 aliphatic heterocycles. The molecule has 1 N–H and O–H groups in total. The Hall–Kier alpha value is -0.240. The van der Waals surface area contributed by atoms with Crippen molar-refractivity contribution in [2.45, 2.75) is 31.7 Å². The molecule has 2 bridgehead atoms. The van der Waals surface area contributed by atoms with Gasteiger partial charge in [-0.2, -0.15) is 0 Å². The highest BCUT2D eigenvalue weighted by Crippen LogP contribution is 2.44. The van der Waals surface area contributed by atoms with E-state index in [2.05, 4.69) is 5.32 Å². The zero-order chi connectivity index (χ0) is 8.55. The first-order chi connectivity index (χ1) is 5.79. The van der Waals surface area contributed by atoms with Gasteiger partial charge in [0.25, 0.3) is 0 Å². The second-order valence-electron chi connectivity index (χ2n) is 3.98. The first kappa shape index (κ1) is 8.36. The highest BCUT2D eigenvalue weighted by molar-refractivity contribution is 6.27. The summed E-state index contributed by atoms with van der Waals surface area (Å²) in [6, 6.07) is 0.440. The predicted octanol–water partition coefficient (Wildman–Crippen LogP) is 1.53. The highest BCUT2D eigenvalue weighted by Gasteiger charge is 2.39. The van der Waals surface area contributed by atoms with Crippen LogP contribution in [-0.4, -0.2) is 17.8 Å². The van der Waals surface area contributed by atoms with Crippen LogP contribution >= 0.6 is 11.6 Å². The maximum atomic E-state index is 11.0. The molecule has 0 radical (unpaired) electrons. The molecule has 1 amide bonds. The number of fused-ring (bicyclic) bond motifs is 2. The minimum Gasteiger partial charge on any atom is -0.352 e. The Labute approximate surface area is 77.7 Å². The van der Waals surface area contributed by atoms with E-state index in [1.807, 2.05) is 0 Å². The first-order valence-electron chi connectivity index (χ1n) is 4.65. The number of hydrogen-bond acceptors (Lipinski definition) is 1. The molecule has 2 aliphatic carbocycles. The Bertz CT molecular complexity index is 195. The van der Waals surface area contributed by atoms with Crippen molar-refractivity contribution in [2.24, 2.45) is 11.8 Å². The number of alkyl halides is 1. The Morgan fingerprint density at radius 3 is 2.75 bits per heavy atom. The molecular weight excluding hydrogens is 174 g/mol. The van der Waals surface area contributed by atoms with Gasteiger partial charge >= 0.3 is 0 Å². The maximum Gasteiger partial charge on any atom is 0.235 e. The van der Waals surface area contributed by atoms with E-state index in [0.717, 1.165) is 11.8 Å². The molecule has 2 rings (SSSR count). The van der Waals surface area contributed by atoms with E-state index in [-0.39, 0.29) is 11.8 Å². The van der Waals surface area contributed by atoms with E-state index >= 15 is 0 Å². The monoisotopic (exact) mass is 187 g/mol. The van der Waals surface area contributed by atoms with Gasteiger partial charge in [-0.1, -0.05) is 6.42 Å². The van der Waals surface area contributed by atoms with Crippen LogP contribution in [0.1, 0.15) is 25.7 Å². The normalized spacial score (nSPS) is 38.6. The first-order valence-corrected chi connectivity index (χ1v) is 5.18. The van der Waals surface area contributed by atoms with Crippen molar-refractivity contribution in [2.75, 3.05) is 5.88 Å². The second-order valence-corrected chi connectivity index (χ2v) is 4.25. The Balaban J connectivity index is 1.86. The second kappa shape index (κ2) is 3.25. The van der Waals surface area contributed by atoms with E-state index in [0.29, 0.717) is 6.04 Å². The lowest BCUT2D eigenvalue weighted by molar-refractivity contribution is -0.119. The molecule has 0 saturated heterocycles. The summed E-state index contributed by atoms with van der Waals surface area (Å²) in [5, 5.41) is 2.99. The van der Waals surface area contributed by atoms with Crippen LogP contribution in [0.4, 0.5) is 0 Å². The SMILES string of the molecule is O=C(CCl)N[C@H]1C[C@H]2CC[C@@H]1C2. The number of carbonyl (C=O) groups is 1. The summed E-state index contributed by atoms with van der Waals surface area (Å²) in [5.41, 5.74) is 0. The summed E-state index contributed by atoms with van der Waals surface area (Å²) >= 11 is 5.42. The minimum absolute atomic E-state index is 0.00535. The van der Waals surface area contributed by atoms with E-state index in [4.69, 9.17) is 11.6 Å². The van der Waals surface area contributed by atoms with Gasteiger partial charge in [-0.15, -0.1) is 11.6 Å². The summed E-state index contributed by atoms with van der Waals surface area (Å²) in [6.07, 6.45) is 5.19. The molecule has 0 aromatic heterocycles.